The molecule has 0 radical (unpaired) electrons. The number of pyridine rings is 1. The van der Waals surface area contributed by atoms with E-state index in [0.717, 1.165) is 30.4 Å². The van der Waals surface area contributed by atoms with Crippen molar-refractivity contribution in [1.29, 1.82) is 0 Å². The maximum Gasteiger partial charge on any atom is 0.251 e. The van der Waals surface area contributed by atoms with Crippen molar-refractivity contribution in [3.63, 3.8) is 0 Å². The molecule has 0 saturated heterocycles. The number of imidazole rings is 1. The van der Waals surface area contributed by atoms with Gasteiger partial charge in [-0.05, 0) is 73.4 Å². The predicted octanol–water partition coefficient (Wildman–Crippen LogP) is 4.49. The van der Waals surface area contributed by atoms with Gasteiger partial charge < -0.3 is 9.88 Å². The first-order valence-corrected chi connectivity index (χ1v) is 10.4. The van der Waals surface area contributed by atoms with Crippen molar-refractivity contribution in [3.05, 3.63) is 59.5 Å². The van der Waals surface area contributed by atoms with E-state index in [1.165, 1.54) is 0 Å². The Morgan fingerprint density at radius 2 is 1.96 bits per heavy atom. The molecule has 6 heteroatoms. The highest BCUT2D eigenvalue weighted by Gasteiger charge is 2.59. The van der Waals surface area contributed by atoms with Crippen molar-refractivity contribution < 1.29 is 4.79 Å². The van der Waals surface area contributed by atoms with Crippen LogP contribution < -0.4 is 5.32 Å². The topological polar surface area (TPSA) is 59.8 Å². The molecule has 2 fully saturated rings. The minimum absolute atomic E-state index is 0.00477. The Labute approximate surface area is 169 Å². The average Bonchev–Trinajstić information content (AvgIpc) is 3.07. The zero-order valence-corrected chi connectivity index (χ0v) is 16.5. The normalized spacial score (nSPS) is 26.8. The molecule has 0 spiro atoms. The van der Waals surface area contributed by atoms with Crippen molar-refractivity contribution in [2.45, 2.75) is 38.3 Å². The second kappa shape index (κ2) is 6.89. The first-order valence-electron chi connectivity index (χ1n) is 9.99. The number of rotatable bonds is 5. The Morgan fingerprint density at radius 1 is 1.21 bits per heavy atom. The van der Waals surface area contributed by atoms with Gasteiger partial charge in [0.2, 0.25) is 0 Å². The van der Waals surface area contributed by atoms with Gasteiger partial charge >= 0.3 is 0 Å². The summed E-state index contributed by atoms with van der Waals surface area (Å²) in [6.45, 7) is 2.16. The molecule has 1 amide bonds. The summed E-state index contributed by atoms with van der Waals surface area (Å²) < 4.78 is 2.24. The minimum atomic E-state index is -0.00477. The summed E-state index contributed by atoms with van der Waals surface area (Å²) in [6, 6.07) is 11.7. The van der Waals surface area contributed by atoms with Gasteiger partial charge in [0.15, 0.2) is 5.65 Å². The number of amides is 1. The lowest BCUT2D eigenvalue weighted by Crippen LogP contribution is -2.37. The number of halogens is 1. The lowest BCUT2D eigenvalue weighted by molar-refractivity contribution is 0.0927. The van der Waals surface area contributed by atoms with Crippen LogP contribution in [0.5, 0.6) is 0 Å². The van der Waals surface area contributed by atoms with Crippen LogP contribution in [-0.4, -0.2) is 26.5 Å². The second-order valence-electron chi connectivity index (χ2n) is 8.02. The summed E-state index contributed by atoms with van der Waals surface area (Å²) in [5, 5.41) is 3.90. The third-order valence-corrected chi connectivity index (χ3v) is 6.79. The number of aromatic nitrogens is 3. The molecule has 0 aliphatic heterocycles. The largest absolute Gasteiger partial charge is 0.349 e. The predicted molar refractivity (Wildman–Crippen MR) is 109 cm³/mol. The van der Waals surface area contributed by atoms with Gasteiger partial charge in [-0.2, -0.15) is 0 Å². The van der Waals surface area contributed by atoms with Gasteiger partial charge in [-0.1, -0.05) is 18.5 Å². The quantitative estimate of drug-likeness (QED) is 0.693. The van der Waals surface area contributed by atoms with Crippen LogP contribution in [0, 0.1) is 17.8 Å². The Balaban J connectivity index is 1.24. The van der Waals surface area contributed by atoms with E-state index in [1.807, 2.05) is 24.7 Å². The summed E-state index contributed by atoms with van der Waals surface area (Å²) in [5.41, 5.74) is 2.61. The lowest BCUT2D eigenvalue weighted by atomic mass is 9.99. The van der Waals surface area contributed by atoms with Gasteiger partial charge in [0, 0.05) is 28.9 Å². The van der Waals surface area contributed by atoms with Crippen LogP contribution in [0.15, 0.2) is 48.9 Å². The fourth-order valence-electron chi connectivity index (χ4n) is 5.14. The van der Waals surface area contributed by atoms with Crippen LogP contribution in [-0.2, 0) is 0 Å². The molecule has 2 aliphatic carbocycles. The van der Waals surface area contributed by atoms with E-state index >= 15 is 0 Å². The van der Waals surface area contributed by atoms with Crippen molar-refractivity contribution in [2.24, 2.45) is 17.8 Å². The number of nitrogens with one attached hydrogen (secondary N) is 1. The third-order valence-electron chi connectivity index (χ3n) is 6.54. The number of carbonyl (C=O) groups excluding carboxylic acids is 1. The molecule has 5 nitrogen and oxygen atoms in total. The molecule has 3 unspecified atom stereocenters. The molecule has 2 heterocycles. The first-order chi connectivity index (χ1) is 13.7. The number of benzene rings is 1. The van der Waals surface area contributed by atoms with E-state index in [0.29, 0.717) is 34.4 Å². The van der Waals surface area contributed by atoms with Gasteiger partial charge in [0.25, 0.3) is 5.91 Å². The number of carbonyl (C=O) groups is 1. The van der Waals surface area contributed by atoms with Crippen LogP contribution in [0.4, 0.5) is 0 Å². The number of hydrogen-bond donors (Lipinski definition) is 1. The number of hydrogen-bond acceptors (Lipinski definition) is 3. The first kappa shape index (κ1) is 17.7. The van der Waals surface area contributed by atoms with Gasteiger partial charge in [-0.25, -0.2) is 9.97 Å². The molecule has 2 saturated carbocycles. The Hall–Kier alpha value is -2.40. The van der Waals surface area contributed by atoms with Crippen molar-refractivity contribution in [1.82, 2.24) is 19.9 Å². The fourth-order valence-corrected chi connectivity index (χ4v) is 5.27. The molecule has 2 aliphatic rings. The van der Waals surface area contributed by atoms with Crippen LogP contribution in [0.2, 0.25) is 5.02 Å². The molecular weight excluding hydrogens is 372 g/mol. The molecule has 3 aromatic rings. The molecular formula is C22H23ClN4O. The Bertz CT molecular complexity index is 1000. The van der Waals surface area contributed by atoms with Crippen LogP contribution >= 0.6 is 11.6 Å². The second-order valence-corrected chi connectivity index (χ2v) is 8.46. The highest BCUT2D eigenvalue weighted by molar-refractivity contribution is 6.30. The van der Waals surface area contributed by atoms with Gasteiger partial charge in [-0.15, -0.1) is 0 Å². The fraction of sp³-hybridized carbons (Fsp3) is 0.409. The van der Waals surface area contributed by atoms with E-state index < -0.39 is 0 Å². The molecule has 28 heavy (non-hydrogen) atoms. The third kappa shape index (κ3) is 2.98. The highest BCUT2D eigenvalue weighted by atomic mass is 35.5. The van der Waals surface area contributed by atoms with Gasteiger partial charge in [-0.3, -0.25) is 4.79 Å². The zero-order chi connectivity index (χ0) is 19.3. The smallest absolute Gasteiger partial charge is 0.251 e. The molecule has 2 aromatic heterocycles. The highest BCUT2D eigenvalue weighted by Crippen LogP contribution is 2.62. The summed E-state index contributed by atoms with van der Waals surface area (Å²) in [4.78, 5) is 21.6. The van der Waals surface area contributed by atoms with E-state index in [-0.39, 0.29) is 11.9 Å². The SMILES string of the molecule is CCC(NC(=O)c1ccc(Cl)cc1)C1[C@H]2CC(n3cnc4cccnc43)C[C@@H]12. The molecule has 1 N–H and O–H groups in total. The number of fused-ring (bicyclic) bond motifs is 2. The average molecular weight is 395 g/mol. The monoisotopic (exact) mass is 394 g/mol. The summed E-state index contributed by atoms with van der Waals surface area (Å²) >= 11 is 5.92. The minimum Gasteiger partial charge on any atom is -0.349 e. The standard InChI is InChI=1S/C22H23ClN4O/c1-2-18(26-22(28)13-5-7-14(23)8-6-13)20-16-10-15(11-17(16)20)27-12-25-19-4-3-9-24-21(19)27/h3-9,12,15-18,20H,2,10-11H2,1H3,(H,26,28)/t15?,16-,17+,18?,20?. The molecule has 144 valence electrons. The summed E-state index contributed by atoms with van der Waals surface area (Å²) in [6.07, 6.45) is 7.01. The van der Waals surface area contributed by atoms with E-state index in [4.69, 9.17) is 11.6 Å². The molecule has 5 atom stereocenters. The van der Waals surface area contributed by atoms with Crippen LogP contribution in [0.1, 0.15) is 42.6 Å². The number of nitrogens with zero attached hydrogens (tertiary/aromatic N) is 3. The molecule has 1 aromatic carbocycles. The maximum absolute atomic E-state index is 12.6. The summed E-state index contributed by atoms with van der Waals surface area (Å²) in [5.74, 6) is 1.94. The van der Waals surface area contributed by atoms with Crippen molar-refractivity contribution in [2.75, 3.05) is 0 Å². The lowest BCUT2D eigenvalue weighted by Gasteiger charge is -2.22. The van der Waals surface area contributed by atoms with Crippen molar-refractivity contribution >= 4 is 28.7 Å². The van der Waals surface area contributed by atoms with Crippen molar-refractivity contribution in [3.8, 4) is 0 Å². The molecule has 0 bridgehead atoms. The summed E-state index contributed by atoms with van der Waals surface area (Å²) in [7, 11) is 0. The van der Waals surface area contributed by atoms with Crippen LogP contribution in [0.25, 0.3) is 11.2 Å². The molecule has 5 rings (SSSR count). The Morgan fingerprint density at radius 3 is 2.68 bits per heavy atom. The van der Waals surface area contributed by atoms with E-state index in [1.54, 1.807) is 24.3 Å². The van der Waals surface area contributed by atoms with E-state index in [2.05, 4.69) is 26.8 Å². The maximum atomic E-state index is 12.6. The van der Waals surface area contributed by atoms with Gasteiger partial charge in [0.05, 0.1) is 6.33 Å². The Kier molecular flexibility index (Phi) is 4.35. The van der Waals surface area contributed by atoms with E-state index in [9.17, 15) is 4.79 Å². The van der Waals surface area contributed by atoms with Gasteiger partial charge in [0.1, 0.15) is 5.52 Å². The zero-order valence-electron chi connectivity index (χ0n) is 15.8. The van der Waals surface area contributed by atoms with Crippen LogP contribution in [0.3, 0.4) is 0 Å².